The molecule has 1 aliphatic rings. The highest BCUT2D eigenvalue weighted by atomic mass is 19.1. The molecule has 0 radical (unpaired) electrons. The molecule has 1 rings (SSSR count). The zero-order valence-corrected chi connectivity index (χ0v) is 13.4. The predicted molar refractivity (Wildman–Crippen MR) is 81.2 cm³/mol. The Morgan fingerprint density at radius 2 is 2.10 bits per heavy atom. The van der Waals surface area contributed by atoms with Gasteiger partial charge < -0.3 is 15.3 Å². The largest absolute Gasteiger partial charge is 0.392 e. The van der Waals surface area contributed by atoms with Gasteiger partial charge in [-0.25, -0.2) is 4.39 Å². The molecule has 0 aromatic heterocycles. The molecule has 4 heteroatoms. The zero-order valence-electron chi connectivity index (χ0n) is 13.4. The Morgan fingerprint density at radius 3 is 2.57 bits per heavy atom. The maximum atomic E-state index is 13.8. The third-order valence-electron chi connectivity index (χ3n) is 4.28. The van der Waals surface area contributed by atoms with E-state index in [1.54, 1.807) is 33.8 Å². The number of rotatable bonds is 2. The van der Waals surface area contributed by atoms with Crippen molar-refractivity contribution in [2.24, 2.45) is 5.41 Å². The molecule has 3 unspecified atom stereocenters. The molecule has 0 aromatic rings. The minimum atomic E-state index is -1.51. The van der Waals surface area contributed by atoms with Crippen molar-refractivity contribution in [2.75, 3.05) is 6.61 Å². The zero-order chi connectivity index (χ0) is 16.4. The maximum absolute atomic E-state index is 13.8. The van der Waals surface area contributed by atoms with Gasteiger partial charge in [-0.05, 0) is 50.0 Å². The summed E-state index contributed by atoms with van der Waals surface area (Å²) >= 11 is 0. The lowest BCUT2D eigenvalue weighted by Gasteiger charge is -2.47. The van der Waals surface area contributed by atoms with Crippen molar-refractivity contribution >= 4 is 0 Å². The summed E-state index contributed by atoms with van der Waals surface area (Å²) in [5.41, 5.74) is -0.982. The number of allylic oxidation sites excluding steroid dienone is 1. The van der Waals surface area contributed by atoms with Crippen LogP contribution in [-0.2, 0) is 0 Å². The fraction of sp³-hybridized carbons (Fsp3) is 0.647. The minimum Gasteiger partial charge on any atom is -0.392 e. The van der Waals surface area contributed by atoms with Gasteiger partial charge in [0, 0.05) is 5.41 Å². The monoisotopic (exact) mass is 296 g/mol. The number of halogens is 1. The van der Waals surface area contributed by atoms with Crippen molar-refractivity contribution in [3.63, 3.8) is 0 Å². The molecular formula is C17H25FO3. The first-order valence-electron chi connectivity index (χ1n) is 7.13. The predicted octanol–water partition coefficient (Wildman–Crippen LogP) is 2.12. The fourth-order valence-electron chi connectivity index (χ4n) is 2.91. The van der Waals surface area contributed by atoms with E-state index in [2.05, 4.69) is 11.8 Å². The Balaban J connectivity index is 3.43. The summed E-state index contributed by atoms with van der Waals surface area (Å²) in [6.45, 7) is 8.19. The average molecular weight is 296 g/mol. The smallest absolute Gasteiger partial charge is 0.152 e. The van der Waals surface area contributed by atoms with Gasteiger partial charge in [-0.1, -0.05) is 25.7 Å². The van der Waals surface area contributed by atoms with Crippen LogP contribution in [0.1, 0.15) is 41.0 Å². The Morgan fingerprint density at radius 1 is 1.52 bits per heavy atom. The van der Waals surface area contributed by atoms with Gasteiger partial charge in [0.2, 0.25) is 0 Å². The molecule has 1 aliphatic carbocycles. The van der Waals surface area contributed by atoms with E-state index >= 15 is 0 Å². The van der Waals surface area contributed by atoms with Gasteiger partial charge >= 0.3 is 0 Å². The number of hydrogen-bond acceptors (Lipinski definition) is 3. The van der Waals surface area contributed by atoms with E-state index in [1.165, 1.54) is 6.92 Å². The van der Waals surface area contributed by atoms with Crippen molar-refractivity contribution in [1.82, 2.24) is 0 Å². The van der Waals surface area contributed by atoms with Crippen molar-refractivity contribution in [3.05, 3.63) is 22.8 Å². The molecule has 0 bridgehead atoms. The van der Waals surface area contributed by atoms with Crippen LogP contribution in [0.2, 0.25) is 0 Å². The quantitative estimate of drug-likeness (QED) is 0.540. The van der Waals surface area contributed by atoms with E-state index in [0.717, 1.165) is 0 Å². The van der Waals surface area contributed by atoms with Gasteiger partial charge in [0.25, 0.3) is 0 Å². The SMILES string of the molecule is CC1=C(C(C)F)C(O)CC(C)(C)C1(O)C#C/C(C)=C\CO. The van der Waals surface area contributed by atoms with Crippen LogP contribution in [0.15, 0.2) is 22.8 Å². The fourth-order valence-corrected chi connectivity index (χ4v) is 2.91. The van der Waals surface area contributed by atoms with E-state index in [0.29, 0.717) is 11.1 Å². The second kappa shape index (κ2) is 6.31. The topological polar surface area (TPSA) is 60.7 Å². The van der Waals surface area contributed by atoms with E-state index in [4.69, 9.17) is 5.11 Å². The summed E-state index contributed by atoms with van der Waals surface area (Å²) < 4.78 is 13.8. The standard InChI is InChI=1S/C17H25FO3/c1-11(7-9-19)6-8-17(21)12(2)15(13(3)18)14(20)10-16(17,4)5/h7,13-14,19-21H,9-10H2,1-5H3/b11-7-. The van der Waals surface area contributed by atoms with E-state index < -0.39 is 23.3 Å². The minimum absolute atomic E-state index is 0.122. The Kier molecular flexibility index (Phi) is 5.38. The molecule has 118 valence electrons. The molecular weight excluding hydrogens is 271 g/mol. The summed E-state index contributed by atoms with van der Waals surface area (Å²) in [5.74, 6) is 5.64. The second-order valence-electron chi connectivity index (χ2n) is 6.33. The first kappa shape index (κ1) is 17.9. The second-order valence-corrected chi connectivity index (χ2v) is 6.33. The van der Waals surface area contributed by atoms with Crippen molar-refractivity contribution in [1.29, 1.82) is 0 Å². The summed E-state index contributed by atoms with van der Waals surface area (Å²) in [5, 5.41) is 30.0. The van der Waals surface area contributed by atoms with Gasteiger partial charge in [0.05, 0.1) is 12.7 Å². The van der Waals surface area contributed by atoms with Crippen molar-refractivity contribution in [3.8, 4) is 11.8 Å². The molecule has 21 heavy (non-hydrogen) atoms. The molecule has 0 amide bonds. The maximum Gasteiger partial charge on any atom is 0.152 e. The summed E-state index contributed by atoms with van der Waals surface area (Å²) in [4.78, 5) is 0. The average Bonchev–Trinajstić information content (AvgIpc) is 2.33. The summed E-state index contributed by atoms with van der Waals surface area (Å²) in [7, 11) is 0. The van der Waals surface area contributed by atoms with E-state index in [-0.39, 0.29) is 18.6 Å². The molecule has 0 heterocycles. The lowest BCUT2D eigenvalue weighted by Crippen LogP contribution is -2.52. The molecule has 3 nitrogen and oxygen atoms in total. The normalized spacial score (nSPS) is 30.7. The van der Waals surface area contributed by atoms with Crippen LogP contribution in [-0.4, -0.2) is 39.8 Å². The summed E-state index contributed by atoms with van der Waals surface area (Å²) in [6.07, 6.45) is -0.463. The number of alkyl halides is 1. The lowest BCUT2D eigenvalue weighted by molar-refractivity contribution is -0.0305. The first-order valence-corrected chi connectivity index (χ1v) is 7.13. The van der Waals surface area contributed by atoms with Crippen LogP contribution in [0.5, 0.6) is 0 Å². The van der Waals surface area contributed by atoms with Gasteiger partial charge in [-0.2, -0.15) is 0 Å². The molecule has 0 spiro atoms. The van der Waals surface area contributed by atoms with E-state index in [9.17, 15) is 14.6 Å². The van der Waals surface area contributed by atoms with Crippen molar-refractivity contribution in [2.45, 2.75) is 58.9 Å². The molecule has 0 aliphatic heterocycles. The first-order chi connectivity index (χ1) is 9.56. The van der Waals surface area contributed by atoms with Crippen molar-refractivity contribution < 1.29 is 19.7 Å². The molecule has 3 atom stereocenters. The number of hydrogen-bond donors (Lipinski definition) is 3. The number of aliphatic hydroxyl groups excluding tert-OH is 2. The molecule has 3 N–H and O–H groups in total. The Hall–Kier alpha value is -1.15. The van der Waals surface area contributed by atoms with Crippen LogP contribution in [0, 0.1) is 17.3 Å². The van der Waals surface area contributed by atoms with E-state index in [1.807, 2.05) is 0 Å². The number of aliphatic hydroxyl groups is 3. The van der Waals surface area contributed by atoms with Crippen LogP contribution in [0.4, 0.5) is 4.39 Å². The van der Waals surface area contributed by atoms with Crippen LogP contribution < -0.4 is 0 Å². The van der Waals surface area contributed by atoms with Gasteiger partial charge in [0.15, 0.2) is 5.60 Å². The molecule has 0 aromatic carbocycles. The Labute approximate surface area is 126 Å². The third-order valence-corrected chi connectivity index (χ3v) is 4.28. The van der Waals surface area contributed by atoms with Gasteiger partial charge in [-0.3, -0.25) is 0 Å². The van der Waals surface area contributed by atoms with Gasteiger partial charge in [0.1, 0.15) is 6.17 Å². The third kappa shape index (κ3) is 3.37. The lowest BCUT2D eigenvalue weighted by atomic mass is 9.62. The Bertz CT molecular complexity index is 520. The van der Waals surface area contributed by atoms with Crippen LogP contribution in [0.3, 0.4) is 0 Å². The molecule has 0 saturated carbocycles. The highest BCUT2D eigenvalue weighted by Gasteiger charge is 2.51. The molecule has 0 saturated heterocycles. The molecule has 0 fully saturated rings. The van der Waals surface area contributed by atoms with Gasteiger partial charge in [-0.15, -0.1) is 0 Å². The van der Waals surface area contributed by atoms with Crippen LogP contribution >= 0.6 is 0 Å². The van der Waals surface area contributed by atoms with Crippen LogP contribution in [0.25, 0.3) is 0 Å². The highest BCUT2D eigenvalue weighted by Crippen LogP contribution is 2.47. The highest BCUT2D eigenvalue weighted by molar-refractivity contribution is 5.45. The summed E-state index contributed by atoms with van der Waals surface area (Å²) in [6, 6.07) is 0.